The number of alkyl halides is 1. The van der Waals surface area contributed by atoms with E-state index in [1.165, 1.54) is 0 Å². The Kier molecular flexibility index (Phi) is 2.99. The molecule has 0 N–H and O–H groups in total. The SMILES string of the molecule is O=S(=O)(Cl)CC1(CF)CCCC1. The molecule has 2 nitrogen and oxygen atoms in total. The topological polar surface area (TPSA) is 34.1 Å². The predicted octanol–water partition coefficient (Wildman–Crippen LogP) is 2.08. The molecule has 1 rings (SSSR count). The first-order chi connectivity index (χ1) is 5.47. The fourth-order valence-corrected chi connectivity index (χ4v) is 3.60. The molecule has 0 aromatic carbocycles. The Morgan fingerprint density at radius 2 is 1.83 bits per heavy atom. The maximum atomic E-state index is 12.6. The number of rotatable bonds is 3. The molecular formula is C7H12ClFO2S. The van der Waals surface area contributed by atoms with Gasteiger partial charge >= 0.3 is 0 Å². The van der Waals surface area contributed by atoms with Crippen LogP contribution in [-0.2, 0) is 9.05 Å². The van der Waals surface area contributed by atoms with Crippen molar-refractivity contribution in [1.29, 1.82) is 0 Å². The average molecular weight is 215 g/mol. The summed E-state index contributed by atoms with van der Waals surface area (Å²) in [7, 11) is 1.54. The summed E-state index contributed by atoms with van der Waals surface area (Å²) in [4.78, 5) is 0. The van der Waals surface area contributed by atoms with Gasteiger partial charge in [0.25, 0.3) is 0 Å². The van der Waals surface area contributed by atoms with Gasteiger partial charge in [0.15, 0.2) is 0 Å². The third-order valence-electron chi connectivity index (χ3n) is 2.43. The van der Waals surface area contributed by atoms with Crippen LogP contribution < -0.4 is 0 Å². The van der Waals surface area contributed by atoms with Crippen LogP contribution >= 0.6 is 10.7 Å². The molecule has 0 aliphatic heterocycles. The Morgan fingerprint density at radius 3 is 2.17 bits per heavy atom. The van der Waals surface area contributed by atoms with Gasteiger partial charge in [-0.2, -0.15) is 0 Å². The number of hydrogen-bond acceptors (Lipinski definition) is 2. The van der Waals surface area contributed by atoms with Crippen LogP contribution in [0.1, 0.15) is 25.7 Å². The van der Waals surface area contributed by atoms with Crippen molar-refractivity contribution < 1.29 is 12.8 Å². The van der Waals surface area contributed by atoms with E-state index in [4.69, 9.17) is 10.7 Å². The molecule has 1 aliphatic carbocycles. The molecule has 0 unspecified atom stereocenters. The minimum absolute atomic E-state index is 0.210. The molecule has 72 valence electrons. The first-order valence-electron chi connectivity index (χ1n) is 3.96. The first-order valence-corrected chi connectivity index (χ1v) is 6.44. The monoisotopic (exact) mass is 214 g/mol. The zero-order valence-electron chi connectivity index (χ0n) is 6.72. The second kappa shape index (κ2) is 3.50. The van der Waals surface area contributed by atoms with Crippen LogP contribution in [0.3, 0.4) is 0 Å². The summed E-state index contributed by atoms with van der Waals surface area (Å²) >= 11 is 0. The summed E-state index contributed by atoms with van der Waals surface area (Å²) in [5.74, 6) is -0.210. The molecule has 1 aliphatic rings. The van der Waals surface area contributed by atoms with E-state index in [1.54, 1.807) is 0 Å². The van der Waals surface area contributed by atoms with Gasteiger partial charge in [-0.25, -0.2) is 8.42 Å². The van der Waals surface area contributed by atoms with E-state index in [9.17, 15) is 12.8 Å². The minimum atomic E-state index is -3.55. The molecule has 1 fully saturated rings. The standard InChI is InChI=1S/C7H12ClFO2S/c8-12(10,11)6-7(5-9)3-1-2-4-7/h1-6H2. The first kappa shape index (κ1) is 10.3. The van der Waals surface area contributed by atoms with Gasteiger partial charge in [0.05, 0.1) is 12.4 Å². The Balaban J connectivity index is 2.68. The number of hydrogen-bond donors (Lipinski definition) is 0. The second-order valence-corrected chi connectivity index (χ2v) is 6.30. The van der Waals surface area contributed by atoms with Gasteiger partial charge in [-0.1, -0.05) is 12.8 Å². The predicted molar refractivity (Wildman–Crippen MR) is 46.5 cm³/mol. The van der Waals surface area contributed by atoms with Crippen LogP contribution in [0, 0.1) is 5.41 Å². The lowest BCUT2D eigenvalue weighted by molar-refractivity contribution is 0.242. The minimum Gasteiger partial charge on any atom is -0.250 e. The zero-order valence-corrected chi connectivity index (χ0v) is 8.30. The van der Waals surface area contributed by atoms with E-state index in [0.29, 0.717) is 12.8 Å². The molecule has 0 bridgehead atoms. The third-order valence-corrected chi connectivity index (χ3v) is 3.71. The van der Waals surface area contributed by atoms with Gasteiger partial charge in [-0.3, -0.25) is 4.39 Å². The van der Waals surface area contributed by atoms with Crippen molar-refractivity contribution in [2.75, 3.05) is 12.4 Å². The zero-order chi connectivity index (χ0) is 9.24. The molecule has 0 aromatic rings. The molecule has 12 heavy (non-hydrogen) atoms. The fraction of sp³-hybridized carbons (Fsp3) is 1.00. The van der Waals surface area contributed by atoms with Gasteiger partial charge < -0.3 is 0 Å². The van der Waals surface area contributed by atoms with Crippen molar-refractivity contribution >= 4 is 19.7 Å². The summed E-state index contributed by atoms with van der Waals surface area (Å²) in [5.41, 5.74) is -0.666. The van der Waals surface area contributed by atoms with Crippen molar-refractivity contribution in [3.63, 3.8) is 0 Å². The van der Waals surface area contributed by atoms with Crippen LogP contribution in [0.2, 0.25) is 0 Å². The molecule has 0 saturated heterocycles. The van der Waals surface area contributed by atoms with E-state index in [1.807, 2.05) is 0 Å². The fourth-order valence-electron chi connectivity index (χ4n) is 1.81. The lowest BCUT2D eigenvalue weighted by Gasteiger charge is -2.22. The van der Waals surface area contributed by atoms with Crippen molar-refractivity contribution in [2.45, 2.75) is 25.7 Å². The molecule has 0 heterocycles. The smallest absolute Gasteiger partial charge is 0.233 e. The maximum Gasteiger partial charge on any atom is 0.233 e. The van der Waals surface area contributed by atoms with Crippen LogP contribution in [0.5, 0.6) is 0 Å². The van der Waals surface area contributed by atoms with Crippen molar-refractivity contribution in [3.8, 4) is 0 Å². The normalized spacial score (nSPS) is 22.8. The summed E-state index contributed by atoms with van der Waals surface area (Å²) in [6, 6.07) is 0. The lowest BCUT2D eigenvalue weighted by Crippen LogP contribution is -2.27. The second-order valence-electron chi connectivity index (χ2n) is 3.52. The highest BCUT2D eigenvalue weighted by molar-refractivity contribution is 8.13. The number of halogens is 2. The van der Waals surface area contributed by atoms with Crippen molar-refractivity contribution in [2.24, 2.45) is 5.41 Å². The van der Waals surface area contributed by atoms with Crippen LogP contribution in [0.4, 0.5) is 4.39 Å². The van der Waals surface area contributed by atoms with Crippen molar-refractivity contribution in [1.82, 2.24) is 0 Å². The van der Waals surface area contributed by atoms with Gasteiger partial charge in [-0.05, 0) is 12.8 Å². The van der Waals surface area contributed by atoms with E-state index < -0.39 is 21.1 Å². The summed E-state index contributed by atoms with van der Waals surface area (Å²) in [6.07, 6.45) is 3.12. The quantitative estimate of drug-likeness (QED) is 0.675. The van der Waals surface area contributed by atoms with Gasteiger partial charge in [-0.15, -0.1) is 0 Å². The van der Waals surface area contributed by atoms with Crippen LogP contribution in [0.25, 0.3) is 0 Å². The summed E-state index contributed by atoms with van der Waals surface area (Å²) in [5, 5.41) is 0. The lowest BCUT2D eigenvalue weighted by atomic mass is 9.91. The van der Waals surface area contributed by atoms with E-state index in [2.05, 4.69) is 0 Å². The summed E-state index contributed by atoms with van der Waals surface area (Å²) < 4.78 is 34.1. The van der Waals surface area contributed by atoms with Crippen molar-refractivity contribution in [3.05, 3.63) is 0 Å². The Morgan fingerprint density at radius 1 is 1.33 bits per heavy atom. The summed E-state index contributed by atoms with van der Waals surface area (Å²) in [6.45, 7) is -0.570. The van der Waals surface area contributed by atoms with E-state index in [0.717, 1.165) is 12.8 Å². The Bertz CT molecular complexity index is 244. The molecule has 0 aromatic heterocycles. The highest BCUT2D eigenvalue weighted by atomic mass is 35.7. The Hall–Kier alpha value is 0.170. The molecule has 0 radical (unpaired) electrons. The molecular weight excluding hydrogens is 203 g/mol. The van der Waals surface area contributed by atoms with E-state index in [-0.39, 0.29) is 5.75 Å². The van der Waals surface area contributed by atoms with E-state index >= 15 is 0 Å². The average Bonchev–Trinajstić information content (AvgIpc) is 2.34. The molecule has 0 atom stereocenters. The molecule has 1 saturated carbocycles. The van der Waals surface area contributed by atoms with Crippen LogP contribution in [0.15, 0.2) is 0 Å². The van der Waals surface area contributed by atoms with Gasteiger partial charge in [0, 0.05) is 16.1 Å². The van der Waals surface area contributed by atoms with Crippen LogP contribution in [-0.4, -0.2) is 20.8 Å². The molecule has 0 amide bonds. The third kappa shape index (κ3) is 2.59. The highest BCUT2D eigenvalue weighted by Gasteiger charge is 2.37. The van der Waals surface area contributed by atoms with Gasteiger partial charge in [0.1, 0.15) is 0 Å². The molecule has 0 spiro atoms. The molecule has 5 heteroatoms. The largest absolute Gasteiger partial charge is 0.250 e. The Labute approximate surface area is 76.5 Å². The highest BCUT2D eigenvalue weighted by Crippen LogP contribution is 2.40. The van der Waals surface area contributed by atoms with Gasteiger partial charge in [0.2, 0.25) is 9.05 Å². The maximum absolute atomic E-state index is 12.6.